The molecule has 0 spiro atoms. The molecule has 1 unspecified atom stereocenters. The average molecular weight is 254 g/mol. The van der Waals surface area contributed by atoms with Gasteiger partial charge in [-0.3, -0.25) is 4.79 Å². The SMILES string of the molecule is CCNC(=O)C(C)OC(=O)c1ccc(F)c(N)c1. The van der Waals surface area contributed by atoms with Crippen LogP contribution in [0.25, 0.3) is 0 Å². The summed E-state index contributed by atoms with van der Waals surface area (Å²) in [6, 6.07) is 3.49. The lowest BCUT2D eigenvalue weighted by molar-refractivity contribution is -0.128. The van der Waals surface area contributed by atoms with Crippen LogP contribution in [0.2, 0.25) is 0 Å². The summed E-state index contributed by atoms with van der Waals surface area (Å²) in [4.78, 5) is 23.0. The minimum atomic E-state index is -0.913. The van der Waals surface area contributed by atoms with Crippen LogP contribution in [-0.4, -0.2) is 24.5 Å². The van der Waals surface area contributed by atoms with Crippen molar-refractivity contribution in [2.45, 2.75) is 20.0 Å². The van der Waals surface area contributed by atoms with Crippen molar-refractivity contribution in [2.75, 3.05) is 12.3 Å². The van der Waals surface area contributed by atoms with Crippen LogP contribution in [0, 0.1) is 5.82 Å². The number of amides is 1. The van der Waals surface area contributed by atoms with Gasteiger partial charge in [0.05, 0.1) is 11.3 Å². The molecule has 0 aliphatic carbocycles. The Balaban J connectivity index is 2.70. The van der Waals surface area contributed by atoms with Gasteiger partial charge in [0, 0.05) is 6.54 Å². The summed E-state index contributed by atoms with van der Waals surface area (Å²) in [7, 11) is 0. The molecule has 18 heavy (non-hydrogen) atoms. The maximum Gasteiger partial charge on any atom is 0.338 e. The molecule has 1 atom stereocenters. The summed E-state index contributed by atoms with van der Waals surface area (Å²) < 4.78 is 17.8. The standard InChI is InChI=1S/C12H15FN2O3/c1-3-15-11(16)7(2)18-12(17)8-4-5-9(13)10(14)6-8/h4-7H,3,14H2,1-2H3,(H,15,16). The molecule has 0 aromatic heterocycles. The Morgan fingerprint density at radius 3 is 2.72 bits per heavy atom. The predicted octanol–water partition coefficient (Wildman–Crippen LogP) is 1.09. The number of hydrogen-bond donors (Lipinski definition) is 2. The number of nitrogens with one attached hydrogen (secondary N) is 1. The first-order valence-electron chi connectivity index (χ1n) is 5.49. The lowest BCUT2D eigenvalue weighted by atomic mass is 10.2. The zero-order valence-corrected chi connectivity index (χ0v) is 10.2. The first kappa shape index (κ1) is 14.0. The molecule has 6 heteroatoms. The highest BCUT2D eigenvalue weighted by molar-refractivity contribution is 5.92. The number of carbonyl (C=O) groups is 2. The molecule has 1 amide bonds. The zero-order valence-electron chi connectivity index (χ0n) is 10.2. The number of nitrogens with two attached hydrogens (primary N) is 1. The van der Waals surface area contributed by atoms with Crippen LogP contribution in [0.15, 0.2) is 18.2 Å². The number of likely N-dealkylation sites (N-methyl/N-ethyl adjacent to an activating group) is 1. The van der Waals surface area contributed by atoms with Gasteiger partial charge in [-0.05, 0) is 32.0 Å². The van der Waals surface area contributed by atoms with Crippen LogP contribution in [-0.2, 0) is 9.53 Å². The number of halogens is 1. The third-order valence-corrected chi connectivity index (χ3v) is 2.24. The van der Waals surface area contributed by atoms with E-state index in [-0.39, 0.29) is 17.2 Å². The Morgan fingerprint density at radius 1 is 1.50 bits per heavy atom. The van der Waals surface area contributed by atoms with Crippen molar-refractivity contribution >= 4 is 17.6 Å². The van der Waals surface area contributed by atoms with Gasteiger partial charge in [0.2, 0.25) is 0 Å². The largest absolute Gasteiger partial charge is 0.449 e. The van der Waals surface area contributed by atoms with Gasteiger partial charge in [0.15, 0.2) is 6.10 Å². The second-order valence-electron chi connectivity index (χ2n) is 3.68. The Kier molecular flexibility index (Phi) is 4.65. The molecule has 0 bridgehead atoms. The second-order valence-corrected chi connectivity index (χ2v) is 3.68. The lowest BCUT2D eigenvalue weighted by Gasteiger charge is -2.12. The number of hydrogen-bond acceptors (Lipinski definition) is 4. The van der Waals surface area contributed by atoms with Gasteiger partial charge in [-0.2, -0.15) is 0 Å². The fourth-order valence-electron chi connectivity index (χ4n) is 1.27. The van der Waals surface area contributed by atoms with Crippen LogP contribution in [0.4, 0.5) is 10.1 Å². The van der Waals surface area contributed by atoms with Crippen molar-refractivity contribution in [1.29, 1.82) is 0 Å². The minimum Gasteiger partial charge on any atom is -0.449 e. The van der Waals surface area contributed by atoms with E-state index < -0.39 is 17.9 Å². The number of anilines is 1. The lowest BCUT2D eigenvalue weighted by Crippen LogP contribution is -2.35. The van der Waals surface area contributed by atoms with E-state index in [1.807, 2.05) is 0 Å². The third-order valence-electron chi connectivity index (χ3n) is 2.24. The van der Waals surface area contributed by atoms with Crippen molar-refractivity contribution < 1.29 is 18.7 Å². The van der Waals surface area contributed by atoms with E-state index in [0.29, 0.717) is 6.54 Å². The molecule has 1 rings (SSSR count). The second kappa shape index (κ2) is 6.00. The molecule has 98 valence electrons. The van der Waals surface area contributed by atoms with E-state index in [4.69, 9.17) is 10.5 Å². The van der Waals surface area contributed by atoms with Crippen LogP contribution >= 0.6 is 0 Å². The Morgan fingerprint density at radius 2 is 2.17 bits per heavy atom. The van der Waals surface area contributed by atoms with Crippen LogP contribution in [0.1, 0.15) is 24.2 Å². The van der Waals surface area contributed by atoms with Gasteiger partial charge in [0.25, 0.3) is 5.91 Å². The van der Waals surface area contributed by atoms with E-state index in [1.54, 1.807) is 6.92 Å². The van der Waals surface area contributed by atoms with Crippen molar-refractivity contribution in [2.24, 2.45) is 0 Å². The summed E-state index contributed by atoms with van der Waals surface area (Å²) in [5.41, 5.74) is 5.29. The first-order valence-corrected chi connectivity index (χ1v) is 5.49. The average Bonchev–Trinajstić information content (AvgIpc) is 2.32. The normalized spacial score (nSPS) is 11.7. The van der Waals surface area contributed by atoms with E-state index in [1.165, 1.54) is 19.1 Å². The topological polar surface area (TPSA) is 81.4 Å². The fraction of sp³-hybridized carbons (Fsp3) is 0.333. The third kappa shape index (κ3) is 3.44. The number of nitrogen functional groups attached to an aromatic ring is 1. The molecular weight excluding hydrogens is 239 g/mol. The van der Waals surface area contributed by atoms with Crippen molar-refractivity contribution in [1.82, 2.24) is 5.32 Å². The first-order chi connectivity index (χ1) is 8.45. The monoisotopic (exact) mass is 254 g/mol. The van der Waals surface area contributed by atoms with E-state index in [9.17, 15) is 14.0 Å². The highest BCUT2D eigenvalue weighted by Crippen LogP contribution is 2.13. The molecule has 0 radical (unpaired) electrons. The number of benzene rings is 1. The van der Waals surface area contributed by atoms with Crippen molar-refractivity contribution in [3.8, 4) is 0 Å². The maximum absolute atomic E-state index is 12.9. The number of carbonyl (C=O) groups excluding carboxylic acids is 2. The van der Waals surface area contributed by atoms with Crippen molar-refractivity contribution in [3.63, 3.8) is 0 Å². The highest BCUT2D eigenvalue weighted by atomic mass is 19.1. The summed E-state index contributed by atoms with van der Waals surface area (Å²) in [5, 5.41) is 2.52. The number of esters is 1. The summed E-state index contributed by atoms with van der Waals surface area (Å²) in [6.45, 7) is 3.66. The Bertz CT molecular complexity index is 463. The fourth-order valence-corrected chi connectivity index (χ4v) is 1.27. The van der Waals surface area contributed by atoms with E-state index >= 15 is 0 Å². The molecule has 0 saturated carbocycles. The predicted molar refractivity (Wildman–Crippen MR) is 64.4 cm³/mol. The zero-order chi connectivity index (χ0) is 13.7. The molecule has 0 saturated heterocycles. The Hall–Kier alpha value is -2.11. The van der Waals surface area contributed by atoms with E-state index in [2.05, 4.69) is 5.32 Å². The molecular formula is C12H15FN2O3. The molecule has 0 aliphatic rings. The maximum atomic E-state index is 12.9. The summed E-state index contributed by atoms with van der Waals surface area (Å²) in [6.07, 6.45) is -0.913. The molecule has 3 N–H and O–H groups in total. The number of rotatable bonds is 4. The Labute approximate surface area is 104 Å². The van der Waals surface area contributed by atoms with Gasteiger partial charge in [-0.25, -0.2) is 9.18 Å². The smallest absolute Gasteiger partial charge is 0.338 e. The molecule has 0 aliphatic heterocycles. The van der Waals surface area contributed by atoms with Gasteiger partial charge in [0.1, 0.15) is 5.82 Å². The summed E-state index contributed by atoms with van der Waals surface area (Å²) in [5.74, 6) is -1.72. The van der Waals surface area contributed by atoms with Crippen LogP contribution in [0.5, 0.6) is 0 Å². The van der Waals surface area contributed by atoms with E-state index in [0.717, 1.165) is 6.07 Å². The summed E-state index contributed by atoms with van der Waals surface area (Å²) >= 11 is 0. The molecule has 1 aromatic rings. The molecule has 0 fully saturated rings. The molecule has 1 aromatic carbocycles. The molecule has 5 nitrogen and oxygen atoms in total. The number of ether oxygens (including phenoxy) is 1. The van der Waals surface area contributed by atoms with Crippen LogP contribution < -0.4 is 11.1 Å². The highest BCUT2D eigenvalue weighted by Gasteiger charge is 2.18. The van der Waals surface area contributed by atoms with Crippen LogP contribution in [0.3, 0.4) is 0 Å². The molecule has 0 heterocycles. The quantitative estimate of drug-likeness (QED) is 0.622. The van der Waals surface area contributed by atoms with Gasteiger partial charge >= 0.3 is 5.97 Å². The minimum absolute atomic E-state index is 0.102. The van der Waals surface area contributed by atoms with Gasteiger partial charge in [-0.15, -0.1) is 0 Å². The van der Waals surface area contributed by atoms with Gasteiger partial charge < -0.3 is 15.8 Å². The van der Waals surface area contributed by atoms with Crippen molar-refractivity contribution in [3.05, 3.63) is 29.6 Å². The van der Waals surface area contributed by atoms with Gasteiger partial charge in [-0.1, -0.05) is 0 Å².